The largest absolute Gasteiger partial charge is 0.496 e. The van der Waals surface area contributed by atoms with Crippen molar-refractivity contribution in [1.82, 2.24) is 4.98 Å². The van der Waals surface area contributed by atoms with Gasteiger partial charge in [-0.2, -0.15) is 0 Å². The van der Waals surface area contributed by atoms with Crippen LogP contribution in [0.5, 0.6) is 5.75 Å². The van der Waals surface area contributed by atoms with E-state index in [2.05, 4.69) is 10.3 Å². The highest BCUT2D eigenvalue weighted by Gasteiger charge is 2.06. The number of amides is 1. The van der Waals surface area contributed by atoms with E-state index in [9.17, 15) is 4.79 Å². The van der Waals surface area contributed by atoms with Crippen molar-refractivity contribution < 1.29 is 9.53 Å². The van der Waals surface area contributed by atoms with Crippen molar-refractivity contribution in [3.05, 3.63) is 53.9 Å². The first-order valence-electron chi connectivity index (χ1n) is 5.56. The number of hydrogen-bond acceptors (Lipinski definition) is 3. The van der Waals surface area contributed by atoms with Gasteiger partial charge in [0.2, 0.25) is 0 Å². The number of carbonyl (C=O) groups excluding carboxylic acids is 1. The van der Waals surface area contributed by atoms with E-state index in [4.69, 9.17) is 4.74 Å². The van der Waals surface area contributed by atoms with Crippen LogP contribution in [0.2, 0.25) is 0 Å². The Morgan fingerprint density at radius 3 is 2.56 bits per heavy atom. The molecule has 92 valence electrons. The molecule has 0 saturated heterocycles. The second kappa shape index (κ2) is 5.31. The number of rotatable bonds is 3. The first kappa shape index (κ1) is 12.1. The molecule has 0 fully saturated rings. The number of carbonyl (C=O) groups is 1. The summed E-state index contributed by atoms with van der Waals surface area (Å²) in [6.07, 6.45) is 3.18. The maximum absolute atomic E-state index is 11.9. The summed E-state index contributed by atoms with van der Waals surface area (Å²) in [6, 6.07) is 8.86. The molecule has 0 saturated carbocycles. The Labute approximate surface area is 106 Å². The minimum absolute atomic E-state index is 0.151. The van der Waals surface area contributed by atoms with E-state index in [-0.39, 0.29) is 5.91 Å². The van der Waals surface area contributed by atoms with Gasteiger partial charge in [-0.3, -0.25) is 9.78 Å². The quantitative estimate of drug-likeness (QED) is 0.900. The third-order valence-electron chi connectivity index (χ3n) is 2.60. The normalized spacial score (nSPS) is 9.89. The van der Waals surface area contributed by atoms with Crippen LogP contribution in [0.1, 0.15) is 15.9 Å². The van der Waals surface area contributed by atoms with Crippen LogP contribution in [0.4, 0.5) is 5.69 Å². The number of ether oxygens (including phenoxy) is 1. The molecule has 0 aliphatic carbocycles. The van der Waals surface area contributed by atoms with Crippen LogP contribution < -0.4 is 10.1 Å². The number of aromatic nitrogens is 1. The molecule has 2 aromatic rings. The number of pyridine rings is 1. The van der Waals surface area contributed by atoms with Gasteiger partial charge in [0.05, 0.1) is 7.11 Å². The van der Waals surface area contributed by atoms with Gasteiger partial charge in [0, 0.05) is 23.6 Å². The highest BCUT2D eigenvalue weighted by atomic mass is 16.5. The Balaban J connectivity index is 2.15. The minimum Gasteiger partial charge on any atom is -0.496 e. The standard InChI is InChI=1S/C14H14N2O2/c1-10-9-12(3-4-13(10)18-2)16-14(17)11-5-7-15-8-6-11/h3-9H,1-2H3,(H,16,17). The van der Waals surface area contributed by atoms with Crippen LogP contribution in [-0.2, 0) is 0 Å². The lowest BCUT2D eigenvalue weighted by molar-refractivity contribution is 0.102. The van der Waals surface area contributed by atoms with E-state index in [1.807, 2.05) is 25.1 Å². The molecule has 0 atom stereocenters. The predicted octanol–water partition coefficient (Wildman–Crippen LogP) is 2.65. The van der Waals surface area contributed by atoms with Crippen LogP contribution in [0.3, 0.4) is 0 Å². The van der Waals surface area contributed by atoms with Gasteiger partial charge in [0.15, 0.2) is 0 Å². The molecule has 1 heterocycles. The molecule has 4 heteroatoms. The third-order valence-corrected chi connectivity index (χ3v) is 2.60. The summed E-state index contributed by atoms with van der Waals surface area (Å²) in [7, 11) is 1.62. The van der Waals surface area contributed by atoms with Crippen LogP contribution in [0.25, 0.3) is 0 Å². The van der Waals surface area contributed by atoms with Crippen LogP contribution >= 0.6 is 0 Å². The summed E-state index contributed by atoms with van der Waals surface area (Å²) in [5, 5.41) is 2.83. The highest BCUT2D eigenvalue weighted by Crippen LogP contribution is 2.21. The average Bonchev–Trinajstić information content (AvgIpc) is 2.40. The van der Waals surface area contributed by atoms with E-state index in [1.165, 1.54) is 0 Å². The average molecular weight is 242 g/mol. The lowest BCUT2D eigenvalue weighted by atomic mass is 10.2. The smallest absolute Gasteiger partial charge is 0.255 e. The fourth-order valence-electron chi connectivity index (χ4n) is 1.66. The zero-order valence-electron chi connectivity index (χ0n) is 10.3. The Bertz CT molecular complexity index is 553. The molecule has 4 nitrogen and oxygen atoms in total. The molecule has 0 radical (unpaired) electrons. The number of hydrogen-bond donors (Lipinski definition) is 1. The molecular formula is C14H14N2O2. The maximum atomic E-state index is 11.9. The molecule has 1 aromatic carbocycles. The highest BCUT2D eigenvalue weighted by molar-refractivity contribution is 6.04. The van der Waals surface area contributed by atoms with Gasteiger partial charge < -0.3 is 10.1 Å². The summed E-state index contributed by atoms with van der Waals surface area (Å²) in [4.78, 5) is 15.8. The molecular weight excluding hydrogens is 228 g/mol. The van der Waals surface area contributed by atoms with E-state index in [1.54, 1.807) is 31.6 Å². The lowest BCUT2D eigenvalue weighted by Gasteiger charge is -2.08. The fraction of sp³-hybridized carbons (Fsp3) is 0.143. The third kappa shape index (κ3) is 2.66. The van der Waals surface area contributed by atoms with Crippen molar-refractivity contribution in [2.45, 2.75) is 6.92 Å². The van der Waals surface area contributed by atoms with Crippen molar-refractivity contribution in [1.29, 1.82) is 0 Å². The summed E-state index contributed by atoms with van der Waals surface area (Å²) >= 11 is 0. The second-order valence-electron chi connectivity index (χ2n) is 3.87. The Morgan fingerprint density at radius 1 is 1.22 bits per heavy atom. The molecule has 18 heavy (non-hydrogen) atoms. The first-order chi connectivity index (χ1) is 8.70. The summed E-state index contributed by atoms with van der Waals surface area (Å²) in [5.41, 5.74) is 2.30. The van der Waals surface area contributed by atoms with Crippen LogP contribution in [0, 0.1) is 6.92 Å². The molecule has 0 aliphatic heterocycles. The van der Waals surface area contributed by atoms with Gasteiger partial charge in [0.25, 0.3) is 5.91 Å². The van der Waals surface area contributed by atoms with Crippen LogP contribution in [-0.4, -0.2) is 18.0 Å². The number of nitrogens with one attached hydrogen (secondary N) is 1. The van der Waals surface area contributed by atoms with Crippen molar-refractivity contribution in [2.24, 2.45) is 0 Å². The molecule has 2 rings (SSSR count). The number of aryl methyl sites for hydroxylation is 1. The van der Waals surface area contributed by atoms with Gasteiger partial charge in [-0.1, -0.05) is 0 Å². The van der Waals surface area contributed by atoms with Crippen molar-refractivity contribution >= 4 is 11.6 Å². The van der Waals surface area contributed by atoms with E-state index in [0.717, 1.165) is 17.0 Å². The van der Waals surface area contributed by atoms with Gasteiger partial charge in [-0.25, -0.2) is 0 Å². The zero-order valence-corrected chi connectivity index (χ0v) is 10.3. The molecule has 0 spiro atoms. The van der Waals surface area contributed by atoms with Gasteiger partial charge >= 0.3 is 0 Å². The molecule has 0 unspecified atom stereocenters. The van der Waals surface area contributed by atoms with E-state index < -0.39 is 0 Å². The van der Waals surface area contributed by atoms with E-state index in [0.29, 0.717) is 5.56 Å². The Kier molecular flexibility index (Phi) is 3.57. The predicted molar refractivity (Wildman–Crippen MR) is 69.9 cm³/mol. The summed E-state index contributed by atoms with van der Waals surface area (Å²) < 4.78 is 5.17. The SMILES string of the molecule is COc1ccc(NC(=O)c2ccncc2)cc1C. The number of nitrogens with zero attached hydrogens (tertiary/aromatic N) is 1. The van der Waals surface area contributed by atoms with Crippen molar-refractivity contribution in [2.75, 3.05) is 12.4 Å². The van der Waals surface area contributed by atoms with Crippen LogP contribution in [0.15, 0.2) is 42.7 Å². The molecule has 1 N–H and O–H groups in total. The molecule has 0 bridgehead atoms. The number of anilines is 1. The van der Waals surface area contributed by atoms with E-state index >= 15 is 0 Å². The molecule has 0 aliphatic rings. The van der Waals surface area contributed by atoms with Crippen molar-refractivity contribution in [3.8, 4) is 5.75 Å². The molecule has 1 amide bonds. The monoisotopic (exact) mass is 242 g/mol. The van der Waals surface area contributed by atoms with Gasteiger partial charge in [-0.05, 0) is 42.8 Å². The zero-order chi connectivity index (χ0) is 13.0. The Hall–Kier alpha value is -2.36. The molecule has 1 aromatic heterocycles. The lowest BCUT2D eigenvalue weighted by Crippen LogP contribution is -2.11. The topological polar surface area (TPSA) is 51.2 Å². The first-order valence-corrected chi connectivity index (χ1v) is 5.56. The summed E-state index contributed by atoms with van der Waals surface area (Å²) in [5.74, 6) is 0.652. The van der Waals surface area contributed by atoms with Gasteiger partial charge in [-0.15, -0.1) is 0 Å². The second-order valence-corrected chi connectivity index (χ2v) is 3.87. The summed E-state index contributed by atoms with van der Waals surface area (Å²) in [6.45, 7) is 1.93. The fourth-order valence-corrected chi connectivity index (χ4v) is 1.66. The van der Waals surface area contributed by atoms with Gasteiger partial charge in [0.1, 0.15) is 5.75 Å². The number of benzene rings is 1. The Morgan fingerprint density at radius 2 is 1.94 bits per heavy atom. The number of methoxy groups -OCH3 is 1. The van der Waals surface area contributed by atoms with Crippen molar-refractivity contribution in [3.63, 3.8) is 0 Å². The minimum atomic E-state index is -0.151. The maximum Gasteiger partial charge on any atom is 0.255 e.